The fraction of sp³-hybridized carbons (Fsp3) is 0.533. The molecule has 0 saturated carbocycles. The minimum absolute atomic E-state index is 0.339. The van der Waals surface area contributed by atoms with Crippen LogP contribution in [0, 0.1) is 5.41 Å². The smallest absolute Gasteiger partial charge is 0.335 e. The molecule has 0 unspecified atom stereocenters. The summed E-state index contributed by atoms with van der Waals surface area (Å²) in [5, 5.41) is 12.4. The molecule has 0 spiro atoms. The van der Waals surface area contributed by atoms with Gasteiger partial charge in [0, 0.05) is 0 Å². The molecule has 2 N–H and O–H groups in total. The van der Waals surface area contributed by atoms with E-state index in [0.29, 0.717) is 11.0 Å². The van der Waals surface area contributed by atoms with E-state index in [-0.39, 0.29) is 0 Å². The Balaban J connectivity index is 2.38. The first-order valence-electron chi connectivity index (χ1n) is 6.42. The fourth-order valence-electron chi connectivity index (χ4n) is 1.76. The average Bonchev–Trinajstić information content (AvgIpc) is 2.27. The van der Waals surface area contributed by atoms with Gasteiger partial charge >= 0.3 is 5.97 Å². The molecular weight excluding hydrogens is 226 g/mol. The monoisotopic (exact) mass is 249 g/mol. The second-order valence-corrected chi connectivity index (χ2v) is 5.77. The lowest BCUT2D eigenvalue weighted by molar-refractivity contribution is 0.0695. The summed E-state index contributed by atoms with van der Waals surface area (Å²) in [6, 6.07) is 7.19. The van der Waals surface area contributed by atoms with Crippen LogP contribution in [0.2, 0.25) is 0 Å². The molecule has 0 saturated heterocycles. The molecule has 0 atom stereocenters. The van der Waals surface area contributed by atoms with Crippen LogP contribution in [0.3, 0.4) is 0 Å². The van der Waals surface area contributed by atoms with E-state index in [2.05, 4.69) is 26.1 Å². The van der Waals surface area contributed by atoms with Crippen LogP contribution in [0.1, 0.15) is 43.1 Å². The number of hydrogen-bond acceptors (Lipinski definition) is 2. The van der Waals surface area contributed by atoms with Crippen molar-refractivity contribution < 1.29 is 9.90 Å². The van der Waals surface area contributed by atoms with Gasteiger partial charge in [0.25, 0.3) is 0 Å². The summed E-state index contributed by atoms with van der Waals surface area (Å²) in [7, 11) is 0. The van der Waals surface area contributed by atoms with Crippen molar-refractivity contribution in [3.63, 3.8) is 0 Å². The van der Waals surface area contributed by atoms with Crippen LogP contribution in [-0.2, 0) is 6.42 Å². The molecule has 0 heterocycles. The largest absolute Gasteiger partial charge is 0.478 e. The summed E-state index contributed by atoms with van der Waals surface area (Å²) in [5.74, 6) is -0.847. The minimum Gasteiger partial charge on any atom is -0.478 e. The van der Waals surface area contributed by atoms with Crippen molar-refractivity contribution in [1.82, 2.24) is 5.32 Å². The maximum atomic E-state index is 11.0. The normalized spacial score (nSPS) is 11.5. The second-order valence-electron chi connectivity index (χ2n) is 5.77. The van der Waals surface area contributed by atoms with Crippen molar-refractivity contribution in [2.75, 3.05) is 13.1 Å². The van der Waals surface area contributed by atoms with Crippen LogP contribution in [0.25, 0.3) is 0 Å². The summed E-state index contributed by atoms with van der Waals surface area (Å²) < 4.78 is 0. The van der Waals surface area contributed by atoms with Crippen molar-refractivity contribution in [3.05, 3.63) is 35.4 Å². The number of carboxylic acid groups (broad SMARTS) is 1. The van der Waals surface area contributed by atoms with Crippen molar-refractivity contribution in [2.24, 2.45) is 5.41 Å². The van der Waals surface area contributed by atoms with Gasteiger partial charge < -0.3 is 10.4 Å². The Morgan fingerprint density at radius 1 is 1.22 bits per heavy atom. The standard InChI is InChI=1S/C15H23NO2/c1-15(2,3)9-11-16-10-8-12-6-4-5-7-13(12)14(17)18/h4-7,16H,8-11H2,1-3H3,(H,17,18). The highest BCUT2D eigenvalue weighted by molar-refractivity contribution is 5.89. The van der Waals surface area contributed by atoms with E-state index >= 15 is 0 Å². The summed E-state index contributed by atoms with van der Waals surface area (Å²) >= 11 is 0. The van der Waals surface area contributed by atoms with Gasteiger partial charge in [0.05, 0.1) is 5.56 Å². The fourth-order valence-corrected chi connectivity index (χ4v) is 1.76. The molecule has 0 amide bonds. The zero-order valence-corrected chi connectivity index (χ0v) is 11.5. The first-order chi connectivity index (χ1) is 8.40. The number of rotatable bonds is 6. The number of aromatic carboxylic acids is 1. The Hall–Kier alpha value is -1.35. The van der Waals surface area contributed by atoms with Gasteiger partial charge in [-0.15, -0.1) is 0 Å². The third kappa shape index (κ3) is 5.32. The van der Waals surface area contributed by atoms with Crippen LogP contribution in [0.4, 0.5) is 0 Å². The van der Waals surface area contributed by atoms with Crippen LogP contribution in [-0.4, -0.2) is 24.2 Å². The van der Waals surface area contributed by atoms with Crippen molar-refractivity contribution in [2.45, 2.75) is 33.6 Å². The van der Waals surface area contributed by atoms with Crippen molar-refractivity contribution in [3.8, 4) is 0 Å². The summed E-state index contributed by atoms with van der Waals surface area (Å²) in [4.78, 5) is 11.0. The van der Waals surface area contributed by atoms with Gasteiger partial charge in [-0.2, -0.15) is 0 Å². The van der Waals surface area contributed by atoms with Gasteiger partial charge in [-0.25, -0.2) is 4.79 Å². The number of carboxylic acids is 1. The van der Waals surface area contributed by atoms with Gasteiger partial charge in [0.1, 0.15) is 0 Å². The lowest BCUT2D eigenvalue weighted by atomic mass is 9.92. The Labute approximate surface area is 109 Å². The Bertz CT molecular complexity index is 394. The van der Waals surface area contributed by atoms with Gasteiger partial charge in [-0.05, 0) is 43.0 Å². The summed E-state index contributed by atoms with van der Waals surface area (Å²) in [6.45, 7) is 8.44. The molecule has 1 aromatic carbocycles. The van der Waals surface area contributed by atoms with E-state index in [4.69, 9.17) is 5.11 Å². The van der Waals surface area contributed by atoms with Gasteiger partial charge in [0.15, 0.2) is 0 Å². The van der Waals surface area contributed by atoms with Crippen molar-refractivity contribution >= 4 is 5.97 Å². The van der Waals surface area contributed by atoms with Gasteiger partial charge in [0.2, 0.25) is 0 Å². The molecule has 1 aromatic rings. The van der Waals surface area contributed by atoms with Crippen LogP contribution in [0.5, 0.6) is 0 Å². The van der Waals surface area contributed by atoms with E-state index in [1.807, 2.05) is 12.1 Å². The van der Waals surface area contributed by atoms with Crippen LogP contribution >= 0.6 is 0 Å². The van der Waals surface area contributed by atoms with E-state index in [0.717, 1.165) is 31.5 Å². The highest BCUT2D eigenvalue weighted by Gasteiger charge is 2.10. The Kier molecular flexibility index (Phi) is 5.35. The maximum absolute atomic E-state index is 11.0. The molecule has 0 aromatic heterocycles. The lowest BCUT2D eigenvalue weighted by Gasteiger charge is -2.18. The number of hydrogen-bond donors (Lipinski definition) is 2. The Morgan fingerprint density at radius 3 is 2.50 bits per heavy atom. The highest BCUT2D eigenvalue weighted by atomic mass is 16.4. The van der Waals surface area contributed by atoms with E-state index in [1.54, 1.807) is 12.1 Å². The van der Waals surface area contributed by atoms with Crippen LogP contribution in [0.15, 0.2) is 24.3 Å². The molecule has 0 radical (unpaired) electrons. The molecule has 0 aliphatic rings. The van der Waals surface area contributed by atoms with E-state index in [1.165, 1.54) is 0 Å². The maximum Gasteiger partial charge on any atom is 0.335 e. The molecule has 0 aliphatic heterocycles. The molecule has 100 valence electrons. The topological polar surface area (TPSA) is 49.3 Å². The molecule has 0 fully saturated rings. The average molecular weight is 249 g/mol. The van der Waals surface area contributed by atoms with E-state index < -0.39 is 5.97 Å². The number of carbonyl (C=O) groups is 1. The minimum atomic E-state index is -0.847. The van der Waals surface area contributed by atoms with Gasteiger partial charge in [-0.3, -0.25) is 0 Å². The summed E-state index contributed by atoms with van der Waals surface area (Å²) in [5.41, 5.74) is 1.65. The van der Waals surface area contributed by atoms with E-state index in [9.17, 15) is 4.79 Å². The SMILES string of the molecule is CC(C)(C)CCNCCc1ccccc1C(=O)O. The Morgan fingerprint density at radius 2 is 1.89 bits per heavy atom. The molecule has 18 heavy (non-hydrogen) atoms. The molecule has 3 heteroatoms. The predicted molar refractivity (Wildman–Crippen MR) is 74.0 cm³/mol. The third-order valence-electron chi connectivity index (χ3n) is 2.87. The molecular formula is C15H23NO2. The number of benzene rings is 1. The van der Waals surface area contributed by atoms with Crippen LogP contribution < -0.4 is 5.32 Å². The first kappa shape index (κ1) is 14.7. The van der Waals surface area contributed by atoms with Crippen molar-refractivity contribution in [1.29, 1.82) is 0 Å². The second kappa shape index (κ2) is 6.55. The molecule has 0 bridgehead atoms. The molecule has 3 nitrogen and oxygen atoms in total. The first-order valence-corrected chi connectivity index (χ1v) is 6.42. The highest BCUT2D eigenvalue weighted by Crippen LogP contribution is 2.17. The lowest BCUT2D eigenvalue weighted by Crippen LogP contribution is -2.23. The third-order valence-corrected chi connectivity index (χ3v) is 2.87. The zero-order chi connectivity index (χ0) is 13.6. The predicted octanol–water partition coefficient (Wildman–Crippen LogP) is 2.95. The zero-order valence-electron chi connectivity index (χ0n) is 11.5. The van der Waals surface area contributed by atoms with Gasteiger partial charge in [-0.1, -0.05) is 39.0 Å². The quantitative estimate of drug-likeness (QED) is 0.762. The molecule has 0 aliphatic carbocycles. The summed E-state index contributed by atoms with van der Waals surface area (Å²) in [6.07, 6.45) is 1.88. The molecule has 1 rings (SSSR count). The number of nitrogens with one attached hydrogen (secondary N) is 1.